The van der Waals surface area contributed by atoms with Crippen molar-refractivity contribution >= 4 is 46.5 Å². The maximum atomic E-state index is 12.8. The van der Waals surface area contributed by atoms with E-state index in [1.165, 1.54) is 0 Å². The first-order chi connectivity index (χ1) is 14.9. The van der Waals surface area contributed by atoms with E-state index in [-0.39, 0.29) is 24.0 Å². The average molecular weight is 467 g/mol. The van der Waals surface area contributed by atoms with Crippen LogP contribution in [-0.2, 0) is 14.3 Å². The van der Waals surface area contributed by atoms with Crippen molar-refractivity contribution in [2.24, 2.45) is 0 Å². The van der Waals surface area contributed by atoms with Crippen LogP contribution in [0.2, 0.25) is 5.02 Å². The summed E-state index contributed by atoms with van der Waals surface area (Å²) in [6.07, 6.45) is 3.14. The van der Waals surface area contributed by atoms with Gasteiger partial charge < -0.3 is 19.1 Å². The Kier molecular flexibility index (Phi) is 8.00. The number of carbonyl (C=O) groups is 3. The van der Waals surface area contributed by atoms with E-state index in [1.54, 1.807) is 29.2 Å². The highest BCUT2D eigenvalue weighted by Crippen LogP contribution is 2.39. The fraction of sp³-hybridized carbons (Fsp3) is 0.381. The number of halogens is 1. The SMILES string of the molecule is C=CCOc1c(Cl)cc(/C=C2\SC(=O)N(CC(=O)N3CCOCC3)C2=O)cc1OCC. The summed E-state index contributed by atoms with van der Waals surface area (Å²) in [6, 6.07) is 3.30. The fourth-order valence-corrected chi connectivity index (χ4v) is 4.16. The number of hydrogen-bond donors (Lipinski definition) is 0. The summed E-state index contributed by atoms with van der Waals surface area (Å²) in [6.45, 7) is 7.59. The Morgan fingerprint density at radius 1 is 1.29 bits per heavy atom. The van der Waals surface area contributed by atoms with Crippen molar-refractivity contribution in [2.75, 3.05) is 46.1 Å². The topological polar surface area (TPSA) is 85.4 Å². The third kappa shape index (κ3) is 5.61. The number of morpholine rings is 1. The van der Waals surface area contributed by atoms with Gasteiger partial charge in [-0.05, 0) is 42.5 Å². The maximum absolute atomic E-state index is 12.8. The molecule has 0 spiro atoms. The zero-order valence-electron chi connectivity index (χ0n) is 17.1. The quantitative estimate of drug-likeness (QED) is 0.429. The molecule has 0 saturated carbocycles. The number of thioether (sulfide) groups is 1. The minimum atomic E-state index is -0.516. The number of imide groups is 1. The smallest absolute Gasteiger partial charge is 0.294 e. The zero-order valence-corrected chi connectivity index (χ0v) is 18.7. The predicted molar refractivity (Wildman–Crippen MR) is 118 cm³/mol. The second-order valence-electron chi connectivity index (χ2n) is 6.62. The molecule has 31 heavy (non-hydrogen) atoms. The molecule has 8 nitrogen and oxygen atoms in total. The first kappa shape index (κ1) is 23.2. The molecule has 0 unspecified atom stereocenters. The number of rotatable bonds is 8. The van der Waals surface area contributed by atoms with E-state index in [0.717, 1.165) is 16.7 Å². The lowest BCUT2D eigenvalue weighted by Crippen LogP contribution is -2.46. The molecular formula is C21H23ClN2O6S. The van der Waals surface area contributed by atoms with Crippen LogP contribution in [0.5, 0.6) is 11.5 Å². The number of amides is 3. The molecule has 0 aliphatic carbocycles. The summed E-state index contributed by atoms with van der Waals surface area (Å²) in [7, 11) is 0. The van der Waals surface area contributed by atoms with Crippen molar-refractivity contribution in [2.45, 2.75) is 6.92 Å². The standard InChI is InChI=1S/C21H23ClN2O6S/c1-3-7-30-19-15(22)10-14(11-16(19)29-4-2)12-17-20(26)24(21(27)31-17)13-18(25)23-5-8-28-9-6-23/h3,10-12H,1,4-9,13H2,2H3/b17-12-. The average Bonchev–Trinajstić information content (AvgIpc) is 3.01. The number of hydrogen-bond acceptors (Lipinski definition) is 7. The lowest BCUT2D eigenvalue weighted by Gasteiger charge is -2.28. The van der Waals surface area contributed by atoms with Gasteiger partial charge in [-0.1, -0.05) is 24.3 Å². The van der Waals surface area contributed by atoms with Gasteiger partial charge in [-0.25, -0.2) is 0 Å². The highest BCUT2D eigenvalue weighted by atomic mass is 35.5. The van der Waals surface area contributed by atoms with E-state index in [4.69, 9.17) is 25.8 Å². The Bertz CT molecular complexity index is 913. The number of nitrogens with zero attached hydrogens (tertiary/aromatic N) is 2. The molecule has 1 aromatic carbocycles. The molecule has 0 aromatic heterocycles. The molecule has 3 rings (SSSR count). The molecule has 2 heterocycles. The van der Waals surface area contributed by atoms with Crippen LogP contribution in [0, 0.1) is 0 Å². The summed E-state index contributed by atoms with van der Waals surface area (Å²) >= 11 is 7.13. The molecule has 2 aliphatic heterocycles. The van der Waals surface area contributed by atoms with Crippen molar-refractivity contribution in [3.63, 3.8) is 0 Å². The van der Waals surface area contributed by atoms with E-state index in [2.05, 4.69) is 6.58 Å². The summed E-state index contributed by atoms with van der Waals surface area (Å²) in [4.78, 5) is 40.3. The normalized spacial score (nSPS) is 17.9. The van der Waals surface area contributed by atoms with Crippen LogP contribution in [0.1, 0.15) is 12.5 Å². The van der Waals surface area contributed by atoms with Crippen LogP contribution >= 0.6 is 23.4 Å². The third-order valence-electron chi connectivity index (χ3n) is 4.51. The number of ether oxygens (including phenoxy) is 3. The Morgan fingerprint density at radius 2 is 2.03 bits per heavy atom. The van der Waals surface area contributed by atoms with Crippen molar-refractivity contribution in [3.8, 4) is 11.5 Å². The van der Waals surface area contributed by atoms with Crippen molar-refractivity contribution < 1.29 is 28.6 Å². The Morgan fingerprint density at radius 3 is 2.71 bits per heavy atom. The van der Waals surface area contributed by atoms with Gasteiger partial charge in [0.2, 0.25) is 5.91 Å². The molecule has 2 fully saturated rings. The van der Waals surface area contributed by atoms with E-state index in [0.29, 0.717) is 55.0 Å². The highest BCUT2D eigenvalue weighted by Gasteiger charge is 2.37. The van der Waals surface area contributed by atoms with Crippen molar-refractivity contribution in [1.29, 1.82) is 0 Å². The summed E-state index contributed by atoms with van der Waals surface area (Å²) < 4.78 is 16.4. The van der Waals surface area contributed by atoms with Gasteiger partial charge in [-0.15, -0.1) is 0 Å². The Balaban J connectivity index is 1.78. The summed E-state index contributed by atoms with van der Waals surface area (Å²) in [5, 5.41) is -0.180. The largest absolute Gasteiger partial charge is 0.490 e. The van der Waals surface area contributed by atoms with Gasteiger partial charge in [0.15, 0.2) is 11.5 Å². The monoisotopic (exact) mass is 466 g/mol. The van der Waals surface area contributed by atoms with E-state index >= 15 is 0 Å². The summed E-state index contributed by atoms with van der Waals surface area (Å²) in [5.41, 5.74) is 0.574. The van der Waals surface area contributed by atoms with Crippen LogP contribution in [0.3, 0.4) is 0 Å². The number of benzene rings is 1. The fourth-order valence-electron chi connectivity index (χ4n) is 3.05. The van der Waals surface area contributed by atoms with E-state index in [1.807, 2.05) is 6.92 Å². The van der Waals surface area contributed by atoms with E-state index < -0.39 is 11.1 Å². The van der Waals surface area contributed by atoms with Gasteiger partial charge in [-0.2, -0.15) is 0 Å². The van der Waals surface area contributed by atoms with Crippen LogP contribution in [0.4, 0.5) is 4.79 Å². The molecule has 0 N–H and O–H groups in total. The minimum absolute atomic E-state index is 0.207. The second kappa shape index (κ2) is 10.7. The van der Waals surface area contributed by atoms with Crippen LogP contribution in [-0.4, -0.2) is 72.9 Å². The Labute approximate surface area is 189 Å². The second-order valence-corrected chi connectivity index (χ2v) is 8.02. The van der Waals surface area contributed by atoms with Gasteiger partial charge in [0, 0.05) is 13.1 Å². The highest BCUT2D eigenvalue weighted by molar-refractivity contribution is 8.18. The van der Waals surface area contributed by atoms with Crippen molar-refractivity contribution in [3.05, 3.63) is 40.3 Å². The van der Waals surface area contributed by atoms with Gasteiger partial charge >= 0.3 is 0 Å². The lowest BCUT2D eigenvalue weighted by molar-refractivity contribution is -0.139. The molecular weight excluding hydrogens is 444 g/mol. The van der Waals surface area contributed by atoms with Gasteiger partial charge in [0.05, 0.1) is 29.7 Å². The van der Waals surface area contributed by atoms with Crippen LogP contribution in [0.15, 0.2) is 29.7 Å². The first-order valence-electron chi connectivity index (χ1n) is 9.75. The van der Waals surface area contributed by atoms with Gasteiger partial charge in [-0.3, -0.25) is 19.3 Å². The lowest BCUT2D eigenvalue weighted by atomic mass is 10.1. The summed E-state index contributed by atoms with van der Waals surface area (Å²) in [5.74, 6) is 0.00419. The molecule has 2 aliphatic rings. The first-order valence-corrected chi connectivity index (χ1v) is 10.9. The van der Waals surface area contributed by atoms with E-state index in [9.17, 15) is 14.4 Å². The molecule has 166 valence electrons. The van der Waals surface area contributed by atoms with Crippen LogP contribution in [0.25, 0.3) is 6.08 Å². The minimum Gasteiger partial charge on any atom is -0.490 e. The van der Waals surface area contributed by atoms with Crippen molar-refractivity contribution in [1.82, 2.24) is 9.80 Å². The van der Waals surface area contributed by atoms with Gasteiger partial charge in [0.25, 0.3) is 11.1 Å². The molecule has 2 saturated heterocycles. The molecule has 10 heteroatoms. The Hall–Kier alpha value is -2.49. The molecule has 1 aromatic rings. The molecule has 0 radical (unpaired) electrons. The van der Waals surface area contributed by atoms with Crippen LogP contribution < -0.4 is 9.47 Å². The molecule has 0 atom stereocenters. The predicted octanol–water partition coefficient (Wildman–Crippen LogP) is 3.20. The van der Waals surface area contributed by atoms with Gasteiger partial charge in [0.1, 0.15) is 13.2 Å². The third-order valence-corrected chi connectivity index (χ3v) is 5.69. The molecule has 0 bridgehead atoms. The number of carbonyl (C=O) groups excluding carboxylic acids is 3. The maximum Gasteiger partial charge on any atom is 0.294 e. The zero-order chi connectivity index (χ0) is 22.4. The molecule has 3 amide bonds.